The van der Waals surface area contributed by atoms with Crippen LogP contribution in [0.2, 0.25) is 0 Å². The van der Waals surface area contributed by atoms with Gasteiger partial charge < -0.3 is 9.80 Å². The van der Waals surface area contributed by atoms with E-state index in [4.69, 9.17) is 0 Å². The quantitative estimate of drug-likeness (QED) is 0.511. The smallest absolute Gasteiger partial charge is 0.254 e. The van der Waals surface area contributed by atoms with E-state index >= 15 is 0 Å². The van der Waals surface area contributed by atoms with Gasteiger partial charge in [-0.25, -0.2) is 0 Å². The van der Waals surface area contributed by atoms with Gasteiger partial charge in [0.25, 0.3) is 5.91 Å². The summed E-state index contributed by atoms with van der Waals surface area (Å²) < 4.78 is 0. The lowest BCUT2D eigenvalue weighted by molar-refractivity contribution is 0.0674. The molecule has 1 saturated heterocycles. The highest BCUT2D eigenvalue weighted by molar-refractivity contribution is 6.00. The lowest BCUT2D eigenvalue weighted by atomic mass is 10.0. The highest BCUT2D eigenvalue weighted by Gasteiger charge is 2.29. The maximum Gasteiger partial charge on any atom is 0.254 e. The van der Waals surface area contributed by atoms with Crippen molar-refractivity contribution >= 4 is 22.5 Å². The Morgan fingerprint density at radius 1 is 0.871 bits per heavy atom. The number of amides is 1. The van der Waals surface area contributed by atoms with Crippen LogP contribution in [0.15, 0.2) is 79.1 Å². The minimum atomic E-state index is 0.0712. The Bertz CT molecular complexity index is 1210. The number of piperazine rings is 1. The van der Waals surface area contributed by atoms with Crippen LogP contribution in [-0.4, -0.2) is 51.7 Å². The highest BCUT2D eigenvalue weighted by atomic mass is 16.2. The van der Waals surface area contributed by atoms with Crippen molar-refractivity contribution in [3.63, 3.8) is 0 Å². The predicted octanol–water partition coefficient (Wildman–Crippen LogP) is 4.04. The third kappa shape index (κ3) is 3.61. The van der Waals surface area contributed by atoms with Gasteiger partial charge in [-0.2, -0.15) is 0 Å². The zero-order chi connectivity index (χ0) is 21.2. The van der Waals surface area contributed by atoms with E-state index in [-0.39, 0.29) is 11.9 Å². The molecule has 1 atom stereocenters. The fraction of sp³-hybridized carbons (Fsp3) is 0.200. The van der Waals surface area contributed by atoms with Crippen molar-refractivity contribution in [2.45, 2.75) is 13.0 Å². The van der Waals surface area contributed by atoms with E-state index in [1.54, 1.807) is 12.4 Å². The van der Waals surface area contributed by atoms with E-state index < -0.39 is 0 Å². The number of rotatable bonds is 3. The monoisotopic (exact) mass is 409 g/mol. The zero-order valence-corrected chi connectivity index (χ0v) is 17.3. The Balaban J connectivity index is 1.44. The summed E-state index contributed by atoms with van der Waals surface area (Å²) in [6, 6.07) is 21.7. The molecule has 1 fully saturated rings. The van der Waals surface area contributed by atoms with E-state index in [9.17, 15) is 4.79 Å². The van der Waals surface area contributed by atoms with Crippen LogP contribution in [0.3, 0.4) is 0 Å². The van der Waals surface area contributed by atoms with E-state index in [2.05, 4.69) is 39.1 Å². The fourth-order valence-electron chi connectivity index (χ4n) is 4.24. The maximum atomic E-state index is 12.9. The molecule has 2 aromatic heterocycles. The molecule has 0 unspecified atom stereocenters. The second-order valence-corrected chi connectivity index (χ2v) is 7.81. The van der Waals surface area contributed by atoms with Crippen LogP contribution >= 0.6 is 0 Å². The minimum Gasteiger partial charge on any atom is -0.351 e. The number of carbonyl (C=O) groups excluding carboxylic acids is 1. The molecule has 0 spiro atoms. The lowest BCUT2D eigenvalue weighted by Gasteiger charge is -2.40. The molecule has 6 heteroatoms. The van der Waals surface area contributed by atoms with Crippen LogP contribution in [0, 0.1) is 0 Å². The van der Waals surface area contributed by atoms with Gasteiger partial charge in [0.15, 0.2) is 5.82 Å². The number of benzene rings is 2. The number of hydrogen-bond acceptors (Lipinski definition) is 5. The van der Waals surface area contributed by atoms with Gasteiger partial charge in [-0.3, -0.25) is 9.78 Å². The first-order chi connectivity index (χ1) is 15.2. The third-order valence-corrected chi connectivity index (χ3v) is 5.83. The average molecular weight is 409 g/mol. The number of pyridine rings is 1. The first kappa shape index (κ1) is 19.2. The number of hydrogen-bond donors (Lipinski definition) is 0. The number of carbonyl (C=O) groups is 1. The standard InChI is InChI=1S/C25H23N5O/c1-18-17-29(15-16-30(18)25(31)20-7-3-2-4-8-20)24-22-10-6-5-9-21(22)23(27-28-24)19-11-13-26-14-12-19/h2-14,18H,15-17H2,1H3/t18-/m0/s1. The molecular weight excluding hydrogens is 386 g/mol. The molecule has 0 saturated carbocycles. The predicted molar refractivity (Wildman–Crippen MR) is 122 cm³/mol. The van der Waals surface area contributed by atoms with E-state index in [0.29, 0.717) is 13.1 Å². The Morgan fingerprint density at radius 3 is 2.32 bits per heavy atom. The molecule has 2 aromatic carbocycles. The van der Waals surface area contributed by atoms with E-state index in [1.165, 1.54) is 0 Å². The molecule has 1 aliphatic heterocycles. The maximum absolute atomic E-state index is 12.9. The number of aromatic nitrogens is 3. The van der Waals surface area contributed by atoms with Crippen molar-refractivity contribution < 1.29 is 4.79 Å². The number of anilines is 1. The average Bonchev–Trinajstić information content (AvgIpc) is 2.84. The Morgan fingerprint density at radius 2 is 1.58 bits per heavy atom. The molecule has 3 heterocycles. The van der Waals surface area contributed by atoms with Crippen LogP contribution in [-0.2, 0) is 0 Å². The van der Waals surface area contributed by atoms with Crippen molar-refractivity contribution in [2.75, 3.05) is 24.5 Å². The van der Waals surface area contributed by atoms with Crippen LogP contribution in [0.4, 0.5) is 5.82 Å². The van der Waals surface area contributed by atoms with Gasteiger partial charge in [-0.1, -0.05) is 42.5 Å². The SMILES string of the molecule is C[C@H]1CN(c2nnc(-c3ccncc3)c3ccccc23)CCN1C(=O)c1ccccc1. The van der Waals surface area contributed by atoms with Crippen LogP contribution in [0.1, 0.15) is 17.3 Å². The number of nitrogens with zero attached hydrogens (tertiary/aromatic N) is 5. The topological polar surface area (TPSA) is 62.2 Å². The highest BCUT2D eigenvalue weighted by Crippen LogP contribution is 2.32. The van der Waals surface area contributed by atoms with Gasteiger partial charge in [0.1, 0.15) is 5.69 Å². The van der Waals surface area contributed by atoms with Crippen molar-refractivity contribution in [3.05, 3.63) is 84.7 Å². The van der Waals surface area contributed by atoms with Gasteiger partial charge >= 0.3 is 0 Å². The molecule has 0 bridgehead atoms. The molecule has 5 rings (SSSR count). The molecule has 0 aliphatic carbocycles. The molecule has 1 aliphatic rings. The van der Waals surface area contributed by atoms with Crippen molar-refractivity contribution in [1.82, 2.24) is 20.1 Å². The van der Waals surface area contributed by atoms with E-state index in [1.807, 2.05) is 59.5 Å². The third-order valence-electron chi connectivity index (χ3n) is 5.83. The summed E-state index contributed by atoms with van der Waals surface area (Å²) >= 11 is 0. The second-order valence-electron chi connectivity index (χ2n) is 7.81. The molecule has 6 nitrogen and oxygen atoms in total. The van der Waals surface area contributed by atoms with E-state index in [0.717, 1.165) is 40.0 Å². The lowest BCUT2D eigenvalue weighted by Crippen LogP contribution is -2.54. The molecular formula is C25H23N5O. The summed E-state index contributed by atoms with van der Waals surface area (Å²) in [4.78, 5) is 21.2. The van der Waals surface area contributed by atoms with Gasteiger partial charge in [-0.15, -0.1) is 10.2 Å². The van der Waals surface area contributed by atoms with Gasteiger partial charge in [0, 0.05) is 60.0 Å². The Labute approximate surface area is 181 Å². The number of fused-ring (bicyclic) bond motifs is 1. The van der Waals surface area contributed by atoms with Gasteiger partial charge in [0.05, 0.1) is 0 Å². The van der Waals surface area contributed by atoms with Gasteiger partial charge in [0.2, 0.25) is 0 Å². The zero-order valence-electron chi connectivity index (χ0n) is 17.3. The van der Waals surface area contributed by atoms with Crippen LogP contribution in [0.5, 0.6) is 0 Å². The summed E-state index contributed by atoms with van der Waals surface area (Å²) in [5.74, 6) is 0.948. The minimum absolute atomic E-state index is 0.0712. The summed E-state index contributed by atoms with van der Waals surface area (Å²) in [6.07, 6.45) is 3.54. The summed E-state index contributed by atoms with van der Waals surface area (Å²) in [5, 5.41) is 11.3. The first-order valence-corrected chi connectivity index (χ1v) is 10.5. The second kappa shape index (κ2) is 8.14. The van der Waals surface area contributed by atoms with Crippen molar-refractivity contribution in [2.24, 2.45) is 0 Å². The molecule has 4 aromatic rings. The van der Waals surface area contributed by atoms with Crippen LogP contribution < -0.4 is 4.90 Å². The molecule has 1 amide bonds. The Hall–Kier alpha value is -3.80. The first-order valence-electron chi connectivity index (χ1n) is 10.5. The van der Waals surface area contributed by atoms with Crippen LogP contribution in [0.25, 0.3) is 22.0 Å². The molecule has 0 N–H and O–H groups in total. The van der Waals surface area contributed by atoms with Crippen molar-refractivity contribution in [3.8, 4) is 11.3 Å². The molecule has 154 valence electrons. The Kier molecular flexibility index (Phi) is 5.04. The molecule has 0 radical (unpaired) electrons. The van der Waals surface area contributed by atoms with Crippen molar-refractivity contribution in [1.29, 1.82) is 0 Å². The normalized spacial score (nSPS) is 16.5. The summed E-state index contributed by atoms with van der Waals surface area (Å²) in [7, 11) is 0. The largest absolute Gasteiger partial charge is 0.351 e. The molecule has 31 heavy (non-hydrogen) atoms. The summed E-state index contributed by atoms with van der Waals surface area (Å²) in [6.45, 7) is 4.17. The fourth-order valence-corrected chi connectivity index (χ4v) is 4.24. The summed E-state index contributed by atoms with van der Waals surface area (Å²) in [5.41, 5.74) is 2.58. The van der Waals surface area contributed by atoms with Gasteiger partial charge in [-0.05, 0) is 31.2 Å².